The van der Waals surface area contributed by atoms with Crippen molar-refractivity contribution in [2.45, 2.75) is 40.5 Å². The Kier molecular flexibility index (Phi) is 8.65. The fourth-order valence-electron chi connectivity index (χ4n) is 1.42. The third kappa shape index (κ3) is 7.67. The lowest BCUT2D eigenvalue weighted by atomic mass is 9.99. The van der Waals surface area contributed by atoms with E-state index in [1.807, 2.05) is 32.9 Å². The van der Waals surface area contributed by atoms with E-state index in [4.69, 9.17) is 0 Å². The molecule has 1 aliphatic carbocycles. The zero-order valence-corrected chi connectivity index (χ0v) is 12.3. The summed E-state index contributed by atoms with van der Waals surface area (Å²) in [5.41, 5.74) is 4.88. The van der Waals surface area contributed by atoms with Gasteiger partial charge in [0.2, 0.25) is 0 Å². The van der Waals surface area contributed by atoms with Crippen LogP contribution in [0.3, 0.4) is 0 Å². The first kappa shape index (κ1) is 16.4. The summed E-state index contributed by atoms with van der Waals surface area (Å²) in [4.78, 5) is 0. The largest absolute Gasteiger partial charge is 0.0961 e. The van der Waals surface area contributed by atoms with Crippen molar-refractivity contribution < 1.29 is 0 Å². The van der Waals surface area contributed by atoms with E-state index >= 15 is 0 Å². The summed E-state index contributed by atoms with van der Waals surface area (Å²) < 4.78 is 0. The highest BCUT2D eigenvalue weighted by atomic mass is 14.0. The Morgan fingerprint density at radius 2 is 1.72 bits per heavy atom. The van der Waals surface area contributed by atoms with Crippen LogP contribution in [0.15, 0.2) is 71.9 Å². The molecule has 0 radical (unpaired) electrons. The average molecular weight is 242 g/mol. The molecule has 0 saturated carbocycles. The van der Waals surface area contributed by atoms with Gasteiger partial charge >= 0.3 is 0 Å². The molecule has 0 aromatic carbocycles. The second-order valence-corrected chi connectivity index (χ2v) is 4.34. The van der Waals surface area contributed by atoms with Gasteiger partial charge in [0.05, 0.1) is 0 Å². The Balaban J connectivity index is 0.00000137. The van der Waals surface area contributed by atoms with E-state index in [0.29, 0.717) is 0 Å². The van der Waals surface area contributed by atoms with Crippen LogP contribution in [-0.2, 0) is 0 Å². The van der Waals surface area contributed by atoms with Crippen LogP contribution in [0.1, 0.15) is 40.5 Å². The van der Waals surface area contributed by atoms with Gasteiger partial charge in [-0.2, -0.15) is 0 Å². The van der Waals surface area contributed by atoms with Crippen molar-refractivity contribution in [3.63, 3.8) is 0 Å². The van der Waals surface area contributed by atoms with E-state index in [-0.39, 0.29) is 0 Å². The maximum absolute atomic E-state index is 3.97. The zero-order valence-electron chi connectivity index (χ0n) is 12.3. The summed E-state index contributed by atoms with van der Waals surface area (Å²) in [5, 5.41) is 0. The van der Waals surface area contributed by atoms with E-state index in [2.05, 4.69) is 44.4 Å². The topological polar surface area (TPSA) is 0 Å². The molecule has 1 aliphatic rings. The van der Waals surface area contributed by atoms with Gasteiger partial charge in [0.1, 0.15) is 0 Å². The summed E-state index contributed by atoms with van der Waals surface area (Å²) >= 11 is 0. The molecule has 0 amide bonds. The van der Waals surface area contributed by atoms with Gasteiger partial charge in [-0.25, -0.2) is 0 Å². The smallest absolute Gasteiger partial charge is 0.0241 e. The van der Waals surface area contributed by atoms with Crippen molar-refractivity contribution in [3.8, 4) is 0 Å². The molecular formula is C18H26. The minimum absolute atomic E-state index is 1.01. The van der Waals surface area contributed by atoms with E-state index in [1.165, 1.54) is 17.6 Å². The third-order valence-corrected chi connectivity index (χ3v) is 2.48. The molecule has 0 spiro atoms. The predicted octanol–water partition coefficient (Wildman–Crippen LogP) is 5.92. The fraction of sp³-hybridized carbons (Fsp3) is 0.333. The van der Waals surface area contributed by atoms with Crippen LogP contribution in [0, 0.1) is 0 Å². The number of allylic oxidation sites excluding steroid dienone is 10. The van der Waals surface area contributed by atoms with Crippen LogP contribution in [0.2, 0.25) is 0 Å². The summed E-state index contributed by atoms with van der Waals surface area (Å²) in [5.74, 6) is 0. The van der Waals surface area contributed by atoms with Crippen LogP contribution >= 0.6 is 0 Å². The van der Waals surface area contributed by atoms with E-state index in [0.717, 1.165) is 17.6 Å². The Bertz CT molecular complexity index is 398. The lowest BCUT2D eigenvalue weighted by molar-refractivity contribution is 0.927. The molecule has 0 unspecified atom stereocenters. The predicted molar refractivity (Wildman–Crippen MR) is 84.7 cm³/mol. The quantitative estimate of drug-likeness (QED) is 0.536. The monoisotopic (exact) mass is 242 g/mol. The number of hydrogen-bond donors (Lipinski definition) is 0. The van der Waals surface area contributed by atoms with Gasteiger partial charge in [0.15, 0.2) is 0 Å². The van der Waals surface area contributed by atoms with Crippen molar-refractivity contribution in [3.05, 3.63) is 71.9 Å². The van der Waals surface area contributed by atoms with Gasteiger partial charge in [0.25, 0.3) is 0 Å². The van der Waals surface area contributed by atoms with E-state index < -0.39 is 0 Å². The molecule has 1 rings (SSSR count). The zero-order chi connectivity index (χ0) is 14.0. The normalized spacial score (nSPS) is 14.9. The SMILES string of the molecule is C=C(C)/C=C\C(=C)/C=C/C1=CC=C(C)CC1.CC. The van der Waals surface area contributed by atoms with Crippen LogP contribution in [0.4, 0.5) is 0 Å². The molecule has 0 aliphatic heterocycles. The van der Waals surface area contributed by atoms with Crippen molar-refractivity contribution in [1.82, 2.24) is 0 Å². The van der Waals surface area contributed by atoms with Crippen LogP contribution in [0.5, 0.6) is 0 Å². The molecule has 0 saturated heterocycles. The maximum Gasteiger partial charge on any atom is -0.0241 e. The first-order valence-corrected chi connectivity index (χ1v) is 6.65. The van der Waals surface area contributed by atoms with Gasteiger partial charge in [-0.3, -0.25) is 0 Å². The Morgan fingerprint density at radius 3 is 2.22 bits per heavy atom. The minimum atomic E-state index is 1.01. The highest BCUT2D eigenvalue weighted by Crippen LogP contribution is 2.18. The highest BCUT2D eigenvalue weighted by molar-refractivity contribution is 5.37. The number of rotatable bonds is 4. The molecule has 0 heteroatoms. The molecule has 0 N–H and O–H groups in total. The molecule has 18 heavy (non-hydrogen) atoms. The highest BCUT2D eigenvalue weighted by Gasteiger charge is 1.99. The van der Waals surface area contributed by atoms with Gasteiger partial charge in [-0.15, -0.1) is 0 Å². The van der Waals surface area contributed by atoms with Crippen LogP contribution < -0.4 is 0 Å². The van der Waals surface area contributed by atoms with Crippen LogP contribution in [-0.4, -0.2) is 0 Å². The van der Waals surface area contributed by atoms with Crippen molar-refractivity contribution >= 4 is 0 Å². The molecule has 0 aromatic heterocycles. The molecule has 0 heterocycles. The van der Waals surface area contributed by atoms with Gasteiger partial charge in [-0.05, 0) is 37.8 Å². The van der Waals surface area contributed by atoms with Crippen molar-refractivity contribution in [2.24, 2.45) is 0 Å². The molecule has 98 valence electrons. The van der Waals surface area contributed by atoms with Crippen LogP contribution in [0.25, 0.3) is 0 Å². The lowest BCUT2D eigenvalue weighted by Gasteiger charge is -2.07. The second kappa shape index (κ2) is 9.47. The summed E-state index contributed by atoms with van der Waals surface area (Å²) in [6, 6.07) is 0. The van der Waals surface area contributed by atoms with Gasteiger partial charge in [-0.1, -0.05) is 74.6 Å². The molecule has 0 nitrogen and oxygen atoms in total. The Morgan fingerprint density at radius 1 is 1.06 bits per heavy atom. The van der Waals surface area contributed by atoms with Gasteiger partial charge in [0, 0.05) is 0 Å². The minimum Gasteiger partial charge on any atom is -0.0961 e. The second-order valence-electron chi connectivity index (χ2n) is 4.34. The fourth-order valence-corrected chi connectivity index (χ4v) is 1.42. The van der Waals surface area contributed by atoms with Crippen molar-refractivity contribution in [2.75, 3.05) is 0 Å². The number of hydrogen-bond acceptors (Lipinski definition) is 0. The van der Waals surface area contributed by atoms with Crippen molar-refractivity contribution in [1.29, 1.82) is 0 Å². The lowest BCUT2D eigenvalue weighted by Crippen LogP contribution is -1.87. The molecule has 0 atom stereocenters. The maximum atomic E-state index is 3.97. The van der Waals surface area contributed by atoms with E-state index in [9.17, 15) is 0 Å². The molecular weight excluding hydrogens is 216 g/mol. The standard InChI is InChI=1S/C16H20.C2H6/c1-13(2)5-6-14(3)7-10-16-11-8-15(4)9-12-16;1-2/h5-8,10-11H,1,3,9,12H2,2,4H3;1-2H3/b6-5-,10-7+;. The Hall–Kier alpha value is -1.56. The molecule has 0 aromatic rings. The molecule has 0 fully saturated rings. The Labute approximate surface area is 113 Å². The first-order chi connectivity index (χ1) is 8.58. The first-order valence-electron chi connectivity index (χ1n) is 6.65. The third-order valence-electron chi connectivity index (χ3n) is 2.48. The summed E-state index contributed by atoms with van der Waals surface area (Å²) in [6.45, 7) is 15.9. The van der Waals surface area contributed by atoms with E-state index in [1.54, 1.807) is 0 Å². The molecule has 0 bridgehead atoms. The summed E-state index contributed by atoms with van der Waals surface area (Å²) in [7, 11) is 0. The average Bonchev–Trinajstić information content (AvgIpc) is 2.38. The van der Waals surface area contributed by atoms with Gasteiger partial charge < -0.3 is 0 Å². The summed E-state index contributed by atoms with van der Waals surface area (Å²) in [6.07, 6.45) is 14.9.